The third-order valence-corrected chi connectivity index (χ3v) is 4.57. The van der Waals surface area contributed by atoms with Gasteiger partial charge in [-0.2, -0.15) is 18.3 Å². The first-order valence-corrected chi connectivity index (χ1v) is 9.00. The summed E-state index contributed by atoms with van der Waals surface area (Å²) in [5, 5.41) is 10.5. The molecule has 1 fully saturated rings. The van der Waals surface area contributed by atoms with Crippen LogP contribution in [0.1, 0.15) is 49.3 Å². The molecule has 2 aromatic heterocycles. The minimum atomic E-state index is -4.63. The molecule has 0 radical (unpaired) electrons. The summed E-state index contributed by atoms with van der Waals surface area (Å²) in [7, 11) is 0. The summed E-state index contributed by atoms with van der Waals surface area (Å²) >= 11 is 1.08. The van der Waals surface area contributed by atoms with Crippen molar-refractivity contribution >= 4 is 17.7 Å². The molecule has 1 aliphatic carbocycles. The number of halogens is 5. The van der Waals surface area contributed by atoms with Gasteiger partial charge in [-0.3, -0.25) is 14.9 Å². The Hall–Kier alpha value is -2.18. The Kier molecular flexibility index (Phi) is 5.40. The Morgan fingerprint density at radius 3 is 2.63 bits per heavy atom. The molecule has 1 amide bonds. The van der Waals surface area contributed by atoms with Gasteiger partial charge < -0.3 is 0 Å². The topological polar surface area (TPSA) is 77.6 Å². The molecule has 0 saturated heterocycles. The number of nitrogens with one attached hydrogen (secondary N) is 1. The van der Waals surface area contributed by atoms with Crippen LogP contribution in [-0.4, -0.2) is 36.3 Å². The maximum absolute atomic E-state index is 13.0. The highest BCUT2D eigenvalue weighted by atomic mass is 32.2. The maximum Gasteiger partial charge on any atom is 0.435 e. The predicted octanol–water partition coefficient (Wildman–Crippen LogP) is 3.19. The number of thioether (sulfide) groups is 1. The van der Waals surface area contributed by atoms with E-state index in [9.17, 15) is 26.7 Å². The Morgan fingerprint density at radius 2 is 2.07 bits per heavy atom. The average Bonchev–Trinajstić information content (AvgIpc) is 3.20. The molecule has 3 rings (SSSR count). The zero-order valence-electron chi connectivity index (χ0n) is 14.0. The summed E-state index contributed by atoms with van der Waals surface area (Å²) in [6, 6.07) is 0.923. The molecule has 0 bridgehead atoms. The lowest BCUT2D eigenvalue weighted by molar-refractivity contribution is -0.141. The summed E-state index contributed by atoms with van der Waals surface area (Å²) < 4.78 is 66.5. The molecule has 1 aliphatic rings. The normalized spacial score (nSPS) is 14.8. The molecule has 1 saturated carbocycles. The summed E-state index contributed by atoms with van der Waals surface area (Å²) in [5.74, 6) is -1.15. The van der Waals surface area contributed by atoms with Gasteiger partial charge in [0.2, 0.25) is 11.0 Å². The molecule has 2 aromatic rings. The van der Waals surface area contributed by atoms with E-state index in [1.807, 2.05) is 0 Å². The Bertz CT molecular complexity index is 829. The van der Waals surface area contributed by atoms with E-state index in [-0.39, 0.29) is 11.1 Å². The third-order valence-electron chi connectivity index (χ3n) is 3.75. The van der Waals surface area contributed by atoms with Crippen molar-refractivity contribution in [2.75, 3.05) is 11.2 Å². The highest BCUT2D eigenvalue weighted by Crippen LogP contribution is 2.42. The van der Waals surface area contributed by atoms with Crippen LogP contribution in [0.4, 0.5) is 22.0 Å². The third kappa shape index (κ3) is 4.39. The molecule has 13 heteroatoms. The minimum Gasteiger partial charge on any atom is -0.271 e. The standard InChI is InChI=1S/C14H15F5N6OS/c1-2-27-13-21-20-12(11(15)16)25(13)23-10(26)6-24-8(7-3-4-7)5-9(22-24)14(17,18)19/h5,7,11H,2-4,6H2,1H3,(H,23,26). The van der Waals surface area contributed by atoms with Crippen molar-refractivity contribution < 1.29 is 26.7 Å². The van der Waals surface area contributed by atoms with Crippen molar-refractivity contribution in [2.24, 2.45) is 0 Å². The quantitative estimate of drug-likeness (QED) is 0.560. The lowest BCUT2D eigenvalue weighted by Crippen LogP contribution is -2.30. The fourth-order valence-corrected chi connectivity index (χ4v) is 3.08. The number of carbonyl (C=O) groups is 1. The summed E-state index contributed by atoms with van der Waals surface area (Å²) in [6.07, 6.45) is -6.19. The first-order chi connectivity index (χ1) is 12.7. The SMILES string of the molecule is CCSc1nnc(C(F)F)n1NC(=O)Cn1nc(C(F)(F)F)cc1C1CC1. The van der Waals surface area contributed by atoms with Crippen LogP contribution in [0, 0.1) is 0 Å². The van der Waals surface area contributed by atoms with Gasteiger partial charge in [0.05, 0.1) is 0 Å². The van der Waals surface area contributed by atoms with Gasteiger partial charge >= 0.3 is 6.18 Å². The molecule has 148 valence electrons. The second-order valence-electron chi connectivity index (χ2n) is 5.83. The van der Waals surface area contributed by atoms with Crippen molar-refractivity contribution in [3.63, 3.8) is 0 Å². The van der Waals surface area contributed by atoms with Gasteiger partial charge in [0.1, 0.15) is 6.54 Å². The molecular formula is C14H15F5N6OS. The van der Waals surface area contributed by atoms with Gasteiger partial charge in [0, 0.05) is 11.6 Å². The molecule has 0 unspecified atom stereocenters. The first-order valence-electron chi connectivity index (χ1n) is 8.01. The van der Waals surface area contributed by atoms with Gasteiger partial charge in [0.15, 0.2) is 5.69 Å². The number of aromatic nitrogens is 5. The van der Waals surface area contributed by atoms with E-state index in [1.165, 1.54) is 0 Å². The zero-order valence-corrected chi connectivity index (χ0v) is 14.8. The highest BCUT2D eigenvalue weighted by molar-refractivity contribution is 7.99. The van der Waals surface area contributed by atoms with Crippen molar-refractivity contribution in [3.05, 3.63) is 23.3 Å². The Balaban J connectivity index is 1.81. The fraction of sp³-hybridized carbons (Fsp3) is 0.571. The molecule has 1 N–H and O–H groups in total. The molecule has 27 heavy (non-hydrogen) atoms. The maximum atomic E-state index is 13.0. The number of carbonyl (C=O) groups excluding carboxylic acids is 1. The van der Waals surface area contributed by atoms with Crippen LogP contribution in [0.5, 0.6) is 0 Å². The fourth-order valence-electron chi connectivity index (χ4n) is 2.45. The number of alkyl halides is 5. The van der Waals surface area contributed by atoms with Gasteiger partial charge in [-0.15, -0.1) is 10.2 Å². The zero-order chi connectivity index (χ0) is 19.8. The van der Waals surface area contributed by atoms with E-state index in [1.54, 1.807) is 6.92 Å². The molecule has 2 heterocycles. The van der Waals surface area contributed by atoms with Crippen LogP contribution < -0.4 is 5.43 Å². The summed E-state index contributed by atoms with van der Waals surface area (Å²) in [5.41, 5.74) is 1.44. The second-order valence-corrected chi connectivity index (χ2v) is 7.06. The number of hydrogen-bond donors (Lipinski definition) is 1. The lowest BCUT2D eigenvalue weighted by atomic mass is 10.2. The van der Waals surface area contributed by atoms with Gasteiger partial charge in [0.25, 0.3) is 12.3 Å². The second kappa shape index (κ2) is 7.44. The van der Waals surface area contributed by atoms with E-state index in [4.69, 9.17) is 0 Å². The predicted molar refractivity (Wildman–Crippen MR) is 84.9 cm³/mol. The monoisotopic (exact) mass is 410 g/mol. The van der Waals surface area contributed by atoms with Crippen molar-refractivity contribution in [3.8, 4) is 0 Å². The summed E-state index contributed by atoms with van der Waals surface area (Å²) in [4.78, 5) is 12.3. The molecule has 7 nitrogen and oxygen atoms in total. The van der Waals surface area contributed by atoms with E-state index >= 15 is 0 Å². The number of rotatable bonds is 7. The van der Waals surface area contributed by atoms with Gasteiger partial charge in [-0.05, 0) is 24.7 Å². The lowest BCUT2D eigenvalue weighted by Gasteiger charge is -2.12. The van der Waals surface area contributed by atoms with Crippen LogP contribution in [0.3, 0.4) is 0 Å². The largest absolute Gasteiger partial charge is 0.435 e. The average molecular weight is 410 g/mol. The van der Waals surface area contributed by atoms with Crippen LogP contribution in [-0.2, 0) is 17.5 Å². The van der Waals surface area contributed by atoms with E-state index in [0.717, 1.165) is 27.2 Å². The molecule has 0 aliphatic heterocycles. The first kappa shape index (κ1) is 19.6. The van der Waals surface area contributed by atoms with Crippen LogP contribution in [0.2, 0.25) is 0 Å². The van der Waals surface area contributed by atoms with Gasteiger partial charge in [-0.25, -0.2) is 13.5 Å². The van der Waals surface area contributed by atoms with Crippen molar-refractivity contribution in [1.82, 2.24) is 24.7 Å². The van der Waals surface area contributed by atoms with E-state index in [2.05, 4.69) is 20.7 Å². The smallest absolute Gasteiger partial charge is 0.271 e. The Labute approximate surface area is 154 Å². The summed E-state index contributed by atoms with van der Waals surface area (Å²) in [6.45, 7) is 1.22. The number of nitrogens with zero attached hydrogens (tertiary/aromatic N) is 5. The molecular weight excluding hydrogens is 395 g/mol. The van der Waals surface area contributed by atoms with Crippen LogP contribution in [0.15, 0.2) is 11.2 Å². The highest BCUT2D eigenvalue weighted by Gasteiger charge is 2.38. The molecule has 0 aromatic carbocycles. The van der Waals surface area contributed by atoms with E-state index < -0.39 is 36.6 Å². The van der Waals surface area contributed by atoms with E-state index in [0.29, 0.717) is 24.3 Å². The Morgan fingerprint density at radius 1 is 1.37 bits per heavy atom. The van der Waals surface area contributed by atoms with Crippen LogP contribution in [0.25, 0.3) is 0 Å². The number of hydrogen-bond acceptors (Lipinski definition) is 5. The van der Waals surface area contributed by atoms with Crippen LogP contribution >= 0.6 is 11.8 Å². The van der Waals surface area contributed by atoms with Crippen molar-refractivity contribution in [1.29, 1.82) is 0 Å². The number of amides is 1. The van der Waals surface area contributed by atoms with Crippen molar-refractivity contribution in [2.45, 2.75) is 50.0 Å². The molecule has 0 spiro atoms. The molecule has 0 atom stereocenters. The van der Waals surface area contributed by atoms with Gasteiger partial charge in [-0.1, -0.05) is 18.7 Å². The minimum absolute atomic E-state index is 0.0556.